The second-order valence-corrected chi connectivity index (χ2v) is 4.64. The summed E-state index contributed by atoms with van der Waals surface area (Å²) < 4.78 is 12.7. The SMILES string of the molecule is CCCCCNC(=O)CNC(=O)Cc1ccc(F)cc1. The average Bonchev–Trinajstić information content (AvgIpc) is 2.44. The van der Waals surface area contributed by atoms with E-state index in [1.807, 2.05) is 0 Å². The van der Waals surface area contributed by atoms with Crippen molar-refractivity contribution in [3.63, 3.8) is 0 Å². The van der Waals surface area contributed by atoms with E-state index in [1.54, 1.807) is 12.1 Å². The van der Waals surface area contributed by atoms with Crippen LogP contribution in [0.15, 0.2) is 24.3 Å². The molecule has 0 aliphatic heterocycles. The van der Waals surface area contributed by atoms with Crippen LogP contribution < -0.4 is 10.6 Å². The summed E-state index contributed by atoms with van der Waals surface area (Å²) in [7, 11) is 0. The number of hydrogen-bond donors (Lipinski definition) is 2. The highest BCUT2D eigenvalue weighted by atomic mass is 19.1. The van der Waals surface area contributed by atoms with Gasteiger partial charge in [-0.15, -0.1) is 0 Å². The van der Waals surface area contributed by atoms with Gasteiger partial charge in [0.2, 0.25) is 11.8 Å². The summed E-state index contributed by atoms with van der Waals surface area (Å²) in [5.74, 6) is -0.769. The molecule has 0 saturated carbocycles. The predicted molar refractivity (Wildman–Crippen MR) is 75.6 cm³/mol. The molecule has 0 aromatic heterocycles. The minimum absolute atomic E-state index is 0.0217. The Labute approximate surface area is 118 Å². The van der Waals surface area contributed by atoms with Gasteiger partial charge < -0.3 is 10.6 Å². The number of unbranched alkanes of at least 4 members (excludes halogenated alkanes) is 2. The lowest BCUT2D eigenvalue weighted by molar-refractivity contribution is -0.125. The largest absolute Gasteiger partial charge is 0.355 e. The number of hydrogen-bond acceptors (Lipinski definition) is 2. The molecule has 0 atom stereocenters. The number of carbonyl (C=O) groups excluding carboxylic acids is 2. The molecule has 0 spiro atoms. The van der Waals surface area contributed by atoms with Crippen molar-refractivity contribution in [3.05, 3.63) is 35.6 Å². The lowest BCUT2D eigenvalue weighted by atomic mass is 10.1. The van der Waals surface area contributed by atoms with Crippen molar-refractivity contribution >= 4 is 11.8 Å². The lowest BCUT2D eigenvalue weighted by Crippen LogP contribution is -2.37. The number of rotatable bonds is 8. The van der Waals surface area contributed by atoms with Gasteiger partial charge in [-0.1, -0.05) is 31.9 Å². The van der Waals surface area contributed by atoms with Gasteiger partial charge in [-0.25, -0.2) is 4.39 Å². The highest BCUT2D eigenvalue weighted by Crippen LogP contribution is 2.03. The van der Waals surface area contributed by atoms with Crippen LogP contribution in [0.2, 0.25) is 0 Å². The molecule has 1 aromatic rings. The van der Waals surface area contributed by atoms with Crippen LogP contribution in [0.25, 0.3) is 0 Å². The third-order valence-electron chi connectivity index (χ3n) is 2.83. The first-order chi connectivity index (χ1) is 9.61. The third kappa shape index (κ3) is 6.87. The van der Waals surface area contributed by atoms with Gasteiger partial charge in [0.1, 0.15) is 5.82 Å². The van der Waals surface area contributed by atoms with E-state index in [2.05, 4.69) is 17.6 Å². The Hall–Kier alpha value is -1.91. The molecule has 0 unspecified atom stereocenters. The van der Waals surface area contributed by atoms with E-state index in [9.17, 15) is 14.0 Å². The number of amides is 2. The van der Waals surface area contributed by atoms with Crippen LogP contribution in [0, 0.1) is 5.82 Å². The first-order valence-corrected chi connectivity index (χ1v) is 6.89. The van der Waals surface area contributed by atoms with Gasteiger partial charge in [0, 0.05) is 6.54 Å². The van der Waals surface area contributed by atoms with Crippen molar-refractivity contribution in [2.24, 2.45) is 0 Å². The fraction of sp³-hybridized carbons (Fsp3) is 0.467. The molecule has 5 heteroatoms. The van der Waals surface area contributed by atoms with Crippen LogP contribution in [-0.4, -0.2) is 24.9 Å². The number of halogens is 1. The van der Waals surface area contributed by atoms with Crippen molar-refractivity contribution < 1.29 is 14.0 Å². The summed E-state index contributed by atoms with van der Waals surface area (Å²) in [6.07, 6.45) is 3.27. The van der Waals surface area contributed by atoms with E-state index in [0.717, 1.165) is 19.3 Å². The summed E-state index contributed by atoms with van der Waals surface area (Å²) in [5, 5.41) is 5.28. The molecule has 4 nitrogen and oxygen atoms in total. The molecule has 2 N–H and O–H groups in total. The van der Waals surface area contributed by atoms with E-state index in [-0.39, 0.29) is 30.6 Å². The van der Waals surface area contributed by atoms with Crippen molar-refractivity contribution in [1.29, 1.82) is 0 Å². The maximum atomic E-state index is 12.7. The molecule has 20 heavy (non-hydrogen) atoms. The number of nitrogens with one attached hydrogen (secondary N) is 2. The third-order valence-corrected chi connectivity index (χ3v) is 2.83. The first kappa shape index (κ1) is 16.1. The smallest absolute Gasteiger partial charge is 0.239 e. The molecule has 0 heterocycles. The fourth-order valence-corrected chi connectivity index (χ4v) is 1.69. The summed E-state index contributed by atoms with van der Waals surface area (Å²) in [4.78, 5) is 23.0. The normalized spacial score (nSPS) is 10.1. The number of carbonyl (C=O) groups is 2. The van der Waals surface area contributed by atoms with Crippen molar-refractivity contribution in [3.8, 4) is 0 Å². The Morgan fingerprint density at radius 1 is 1.05 bits per heavy atom. The zero-order valence-corrected chi connectivity index (χ0v) is 11.7. The maximum Gasteiger partial charge on any atom is 0.239 e. The lowest BCUT2D eigenvalue weighted by Gasteiger charge is -2.07. The van der Waals surface area contributed by atoms with E-state index < -0.39 is 0 Å². The van der Waals surface area contributed by atoms with Gasteiger partial charge in [-0.05, 0) is 24.1 Å². The Morgan fingerprint density at radius 2 is 1.75 bits per heavy atom. The zero-order chi connectivity index (χ0) is 14.8. The summed E-state index contributed by atoms with van der Waals surface area (Å²) in [5.41, 5.74) is 0.715. The van der Waals surface area contributed by atoms with Gasteiger partial charge in [0.05, 0.1) is 13.0 Å². The highest BCUT2D eigenvalue weighted by molar-refractivity contribution is 5.85. The minimum Gasteiger partial charge on any atom is -0.355 e. The quantitative estimate of drug-likeness (QED) is 0.713. The molecule has 0 aliphatic carbocycles. The van der Waals surface area contributed by atoms with E-state index in [0.29, 0.717) is 12.1 Å². The molecule has 0 fully saturated rings. The molecule has 0 saturated heterocycles. The van der Waals surface area contributed by atoms with Crippen molar-refractivity contribution in [1.82, 2.24) is 10.6 Å². The molecule has 1 aromatic carbocycles. The first-order valence-electron chi connectivity index (χ1n) is 6.89. The average molecular weight is 280 g/mol. The van der Waals surface area contributed by atoms with E-state index in [1.165, 1.54) is 12.1 Å². The van der Waals surface area contributed by atoms with Crippen LogP contribution >= 0.6 is 0 Å². The van der Waals surface area contributed by atoms with Crippen LogP contribution in [0.5, 0.6) is 0 Å². The van der Waals surface area contributed by atoms with Crippen LogP contribution in [-0.2, 0) is 16.0 Å². The second kappa shape index (κ2) is 9.07. The molecular formula is C15H21FN2O2. The Balaban J connectivity index is 2.19. The second-order valence-electron chi connectivity index (χ2n) is 4.64. The molecule has 0 bridgehead atoms. The molecule has 1 rings (SSSR count). The Kier molecular flexibility index (Phi) is 7.32. The number of benzene rings is 1. The molecule has 2 amide bonds. The van der Waals surface area contributed by atoms with Crippen LogP contribution in [0.3, 0.4) is 0 Å². The van der Waals surface area contributed by atoms with E-state index >= 15 is 0 Å². The van der Waals surface area contributed by atoms with E-state index in [4.69, 9.17) is 0 Å². The van der Waals surface area contributed by atoms with Gasteiger partial charge in [-0.3, -0.25) is 9.59 Å². The zero-order valence-electron chi connectivity index (χ0n) is 11.7. The summed E-state index contributed by atoms with van der Waals surface area (Å²) >= 11 is 0. The Morgan fingerprint density at radius 3 is 2.40 bits per heavy atom. The Bertz CT molecular complexity index is 432. The fourth-order valence-electron chi connectivity index (χ4n) is 1.69. The topological polar surface area (TPSA) is 58.2 Å². The monoisotopic (exact) mass is 280 g/mol. The van der Waals surface area contributed by atoms with Crippen molar-refractivity contribution in [2.45, 2.75) is 32.6 Å². The predicted octanol–water partition coefficient (Wildman–Crippen LogP) is 1.79. The van der Waals surface area contributed by atoms with Crippen molar-refractivity contribution in [2.75, 3.05) is 13.1 Å². The van der Waals surface area contributed by atoms with Gasteiger partial charge >= 0.3 is 0 Å². The molecular weight excluding hydrogens is 259 g/mol. The minimum atomic E-state index is -0.333. The van der Waals surface area contributed by atoms with Gasteiger partial charge in [-0.2, -0.15) is 0 Å². The van der Waals surface area contributed by atoms with Gasteiger partial charge in [0.15, 0.2) is 0 Å². The maximum absolute atomic E-state index is 12.7. The van der Waals surface area contributed by atoms with Crippen LogP contribution in [0.1, 0.15) is 31.7 Å². The molecule has 0 radical (unpaired) electrons. The summed E-state index contributed by atoms with van der Waals surface area (Å²) in [6, 6.07) is 5.73. The van der Waals surface area contributed by atoms with Gasteiger partial charge in [0.25, 0.3) is 0 Å². The molecule has 110 valence electrons. The highest BCUT2D eigenvalue weighted by Gasteiger charge is 2.06. The standard InChI is InChI=1S/C15H21FN2O2/c1-2-3-4-9-17-15(20)11-18-14(19)10-12-5-7-13(16)8-6-12/h5-8H,2-4,9-11H2,1H3,(H,17,20)(H,18,19). The van der Waals surface area contributed by atoms with Crippen LogP contribution in [0.4, 0.5) is 4.39 Å². The molecule has 0 aliphatic rings. The summed E-state index contributed by atoms with van der Waals surface area (Å²) in [6.45, 7) is 2.71.